The number of hydrogen-bond donors (Lipinski definition) is 1. The molecule has 3 nitrogen and oxygen atoms in total. The molecular formula is C10H10BrNO2S. The highest BCUT2D eigenvalue weighted by Gasteiger charge is 2.28. The van der Waals surface area contributed by atoms with Crippen molar-refractivity contribution in [2.45, 2.75) is 17.9 Å². The molecule has 2 rings (SSSR count). The molecule has 2 N–H and O–H groups in total. The van der Waals surface area contributed by atoms with Crippen LogP contribution < -0.4 is 5.73 Å². The molecule has 0 fully saturated rings. The van der Waals surface area contributed by atoms with E-state index in [1.807, 2.05) is 0 Å². The molecule has 1 aliphatic heterocycles. The van der Waals surface area contributed by atoms with Crippen molar-refractivity contribution >= 4 is 31.3 Å². The van der Waals surface area contributed by atoms with E-state index >= 15 is 0 Å². The van der Waals surface area contributed by atoms with Crippen LogP contribution in [0.5, 0.6) is 0 Å². The van der Waals surface area contributed by atoms with Crippen molar-refractivity contribution in [1.29, 1.82) is 0 Å². The molecule has 0 saturated carbocycles. The van der Waals surface area contributed by atoms with E-state index in [9.17, 15) is 8.42 Å². The third kappa shape index (κ3) is 1.75. The van der Waals surface area contributed by atoms with Gasteiger partial charge in [-0.2, -0.15) is 0 Å². The minimum absolute atomic E-state index is 0.282. The van der Waals surface area contributed by atoms with Gasteiger partial charge in [0, 0.05) is 21.5 Å². The molecule has 80 valence electrons. The fraction of sp³-hybridized carbons (Fsp3) is 0.200. The van der Waals surface area contributed by atoms with Crippen LogP contribution in [0.1, 0.15) is 12.5 Å². The van der Waals surface area contributed by atoms with Crippen molar-refractivity contribution in [3.05, 3.63) is 33.6 Å². The van der Waals surface area contributed by atoms with Crippen LogP contribution in [0.3, 0.4) is 0 Å². The zero-order chi connectivity index (χ0) is 11.2. The number of fused-ring (bicyclic) bond motifs is 1. The lowest BCUT2D eigenvalue weighted by Gasteiger charge is -2.07. The van der Waals surface area contributed by atoms with E-state index in [1.165, 1.54) is 5.41 Å². The number of hydrogen-bond acceptors (Lipinski definition) is 3. The Balaban J connectivity index is 2.74. The maximum Gasteiger partial charge on any atom is 0.200 e. The van der Waals surface area contributed by atoms with E-state index in [4.69, 9.17) is 5.73 Å². The lowest BCUT2D eigenvalue weighted by molar-refractivity contribution is 0.605. The number of rotatable bonds is 1. The highest BCUT2D eigenvalue weighted by atomic mass is 79.9. The third-order valence-corrected chi connectivity index (χ3v) is 4.36. The summed E-state index contributed by atoms with van der Waals surface area (Å²) in [4.78, 5) is 0.345. The second-order valence-corrected chi connectivity index (χ2v) is 6.23. The van der Waals surface area contributed by atoms with Gasteiger partial charge in [0.2, 0.25) is 9.84 Å². The summed E-state index contributed by atoms with van der Waals surface area (Å²) in [7, 11) is -3.28. The molecule has 5 heteroatoms. The predicted octanol–water partition coefficient (Wildman–Crippen LogP) is 1.92. The van der Waals surface area contributed by atoms with Crippen LogP contribution in [0.4, 0.5) is 0 Å². The second kappa shape index (κ2) is 3.43. The molecule has 0 aromatic heterocycles. The van der Waals surface area contributed by atoms with Gasteiger partial charge in [-0.1, -0.05) is 15.9 Å². The van der Waals surface area contributed by atoms with Crippen molar-refractivity contribution in [2.24, 2.45) is 5.73 Å². The van der Waals surface area contributed by atoms with Crippen molar-refractivity contribution in [3.8, 4) is 0 Å². The van der Waals surface area contributed by atoms with Crippen molar-refractivity contribution < 1.29 is 8.42 Å². The van der Waals surface area contributed by atoms with Crippen molar-refractivity contribution in [1.82, 2.24) is 0 Å². The molecule has 1 aromatic carbocycles. The first kappa shape index (κ1) is 10.9. The molecule has 15 heavy (non-hydrogen) atoms. The standard InChI is InChI=1S/C10H10BrNO2S/c1-6(12)9-5-15(13,14)10-3-2-7(11)4-8(9)10/h2-6H,12H2,1H3. The van der Waals surface area contributed by atoms with Gasteiger partial charge in [0.15, 0.2) is 0 Å². The summed E-state index contributed by atoms with van der Waals surface area (Å²) in [6.45, 7) is 1.78. The van der Waals surface area contributed by atoms with Crippen LogP contribution in [-0.4, -0.2) is 14.5 Å². The molecule has 1 heterocycles. The molecule has 0 radical (unpaired) electrons. The Morgan fingerprint density at radius 3 is 2.67 bits per heavy atom. The summed E-state index contributed by atoms with van der Waals surface area (Å²) in [6.07, 6.45) is 0. The Kier molecular flexibility index (Phi) is 2.48. The normalized spacial score (nSPS) is 19.5. The monoisotopic (exact) mass is 287 g/mol. The Bertz CT molecular complexity index is 547. The molecule has 0 aliphatic carbocycles. The van der Waals surface area contributed by atoms with Crippen LogP contribution >= 0.6 is 15.9 Å². The smallest absolute Gasteiger partial charge is 0.200 e. The van der Waals surface area contributed by atoms with Gasteiger partial charge in [-0.3, -0.25) is 0 Å². The van der Waals surface area contributed by atoms with E-state index in [1.54, 1.807) is 25.1 Å². The first-order valence-corrected chi connectivity index (χ1v) is 6.78. The lowest BCUT2D eigenvalue weighted by Crippen LogP contribution is -2.15. The average Bonchev–Trinajstić information content (AvgIpc) is 2.38. The van der Waals surface area contributed by atoms with Gasteiger partial charge in [-0.25, -0.2) is 8.42 Å². The molecule has 1 aliphatic rings. The Morgan fingerprint density at radius 1 is 1.40 bits per heavy atom. The highest BCUT2D eigenvalue weighted by Crippen LogP contribution is 2.36. The SMILES string of the molecule is CC(N)C1=CS(=O)(=O)c2ccc(Br)cc21. The first-order chi connectivity index (χ1) is 6.92. The van der Waals surface area contributed by atoms with Crippen LogP contribution in [0.15, 0.2) is 33.0 Å². The van der Waals surface area contributed by atoms with E-state index in [0.717, 1.165) is 4.47 Å². The highest BCUT2D eigenvalue weighted by molar-refractivity contribution is 9.10. The molecule has 1 unspecified atom stereocenters. The fourth-order valence-corrected chi connectivity index (χ4v) is 3.53. The average molecular weight is 288 g/mol. The summed E-state index contributed by atoms with van der Waals surface area (Å²) in [5, 5.41) is 1.26. The zero-order valence-corrected chi connectivity index (χ0v) is 10.5. The quantitative estimate of drug-likeness (QED) is 0.859. The summed E-state index contributed by atoms with van der Waals surface area (Å²) in [6, 6.07) is 4.82. The van der Waals surface area contributed by atoms with E-state index in [0.29, 0.717) is 16.0 Å². The Labute approximate surface area is 97.0 Å². The number of nitrogens with two attached hydrogens (primary N) is 1. The fourth-order valence-electron chi connectivity index (χ4n) is 1.62. The largest absolute Gasteiger partial charge is 0.324 e. The van der Waals surface area contributed by atoms with E-state index in [-0.39, 0.29) is 6.04 Å². The molecule has 1 atom stereocenters. The van der Waals surface area contributed by atoms with Gasteiger partial charge in [0.1, 0.15) is 0 Å². The van der Waals surface area contributed by atoms with E-state index < -0.39 is 9.84 Å². The first-order valence-electron chi connectivity index (χ1n) is 4.44. The van der Waals surface area contributed by atoms with Gasteiger partial charge < -0.3 is 5.73 Å². The summed E-state index contributed by atoms with van der Waals surface area (Å²) in [5.74, 6) is 0. The van der Waals surface area contributed by atoms with Crippen LogP contribution in [0.25, 0.3) is 5.57 Å². The Morgan fingerprint density at radius 2 is 2.07 bits per heavy atom. The number of sulfone groups is 1. The maximum absolute atomic E-state index is 11.7. The lowest BCUT2D eigenvalue weighted by atomic mass is 10.0. The van der Waals surface area contributed by atoms with Gasteiger partial charge in [0.25, 0.3) is 0 Å². The number of benzene rings is 1. The second-order valence-electron chi connectivity index (χ2n) is 3.55. The van der Waals surface area contributed by atoms with Crippen molar-refractivity contribution in [2.75, 3.05) is 0 Å². The molecule has 0 bridgehead atoms. The molecule has 0 spiro atoms. The molecule has 1 aromatic rings. The summed E-state index contributed by atoms with van der Waals surface area (Å²) < 4.78 is 24.3. The number of halogens is 1. The van der Waals surface area contributed by atoms with Crippen LogP contribution in [-0.2, 0) is 9.84 Å². The molecule has 0 amide bonds. The van der Waals surface area contributed by atoms with E-state index in [2.05, 4.69) is 15.9 Å². The van der Waals surface area contributed by atoms with Gasteiger partial charge in [-0.05, 0) is 30.7 Å². The molecule has 0 saturated heterocycles. The maximum atomic E-state index is 11.7. The van der Waals surface area contributed by atoms with Crippen molar-refractivity contribution in [3.63, 3.8) is 0 Å². The predicted molar refractivity (Wildman–Crippen MR) is 63.0 cm³/mol. The minimum atomic E-state index is -3.28. The topological polar surface area (TPSA) is 60.2 Å². The van der Waals surface area contributed by atoms with Gasteiger partial charge >= 0.3 is 0 Å². The van der Waals surface area contributed by atoms with Gasteiger partial charge in [0.05, 0.1) is 4.90 Å². The minimum Gasteiger partial charge on any atom is -0.324 e. The Hall–Kier alpha value is -0.650. The summed E-state index contributed by atoms with van der Waals surface area (Å²) in [5.41, 5.74) is 7.12. The van der Waals surface area contributed by atoms with Gasteiger partial charge in [-0.15, -0.1) is 0 Å². The zero-order valence-electron chi connectivity index (χ0n) is 8.07. The summed E-state index contributed by atoms with van der Waals surface area (Å²) >= 11 is 3.32. The van der Waals surface area contributed by atoms with Crippen LogP contribution in [0.2, 0.25) is 0 Å². The van der Waals surface area contributed by atoms with Crippen LogP contribution in [0, 0.1) is 0 Å². The third-order valence-electron chi connectivity index (χ3n) is 2.33. The molecular weight excluding hydrogens is 278 g/mol.